The zero-order valence-electron chi connectivity index (χ0n) is 15.1. The van der Waals surface area contributed by atoms with Gasteiger partial charge in [0.25, 0.3) is 0 Å². The lowest BCUT2D eigenvalue weighted by Gasteiger charge is -2.37. The van der Waals surface area contributed by atoms with Crippen LogP contribution in [0.3, 0.4) is 0 Å². The fourth-order valence-corrected chi connectivity index (χ4v) is 3.61. The first-order chi connectivity index (χ1) is 12.6. The molecule has 4 heterocycles. The quantitative estimate of drug-likeness (QED) is 0.721. The molecule has 4 rings (SSSR count). The van der Waals surface area contributed by atoms with E-state index in [1.54, 1.807) is 16.8 Å². The van der Waals surface area contributed by atoms with Gasteiger partial charge in [-0.05, 0) is 31.9 Å². The monoisotopic (exact) mass is 354 g/mol. The van der Waals surface area contributed by atoms with E-state index in [2.05, 4.69) is 31.8 Å². The number of anilines is 1. The molecule has 0 aromatic carbocycles. The van der Waals surface area contributed by atoms with Gasteiger partial charge in [0, 0.05) is 56.9 Å². The molecular weight excluding hydrogens is 331 g/mol. The summed E-state index contributed by atoms with van der Waals surface area (Å²) in [6.45, 7) is 4.82. The van der Waals surface area contributed by atoms with Crippen molar-refractivity contribution in [2.24, 2.45) is 0 Å². The zero-order valence-corrected chi connectivity index (χ0v) is 15.1. The topological polar surface area (TPSA) is 49.6 Å². The Morgan fingerprint density at radius 3 is 2.77 bits per heavy atom. The highest BCUT2D eigenvalue weighted by Gasteiger charge is 2.24. The summed E-state index contributed by atoms with van der Waals surface area (Å²) in [6.07, 6.45) is 7.18. The molecule has 0 N–H and O–H groups in total. The van der Waals surface area contributed by atoms with Crippen molar-refractivity contribution in [2.75, 3.05) is 25.0 Å². The Morgan fingerprint density at radius 2 is 2.00 bits per heavy atom. The van der Waals surface area contributed by atoms with Crippen molar-refractivity contribution in [3.05, 3.63) is 54.1 Å². The number of aromatic nitrogens is 4. The van der Waals surface area contributed by atoms with Crippen LogP contribution in [0.1, 0.15) is 24.2 Å². The highest BCUT2D eigenvalue weighted by molar-refractivity contribution is 5.40. The fourth-order valence-electron chi connectivity index (χ4n) is 3.61. The normalized spacial score (nSPS) is 16.3. The second-order valence-electron chi connectivity index (χ2n) is 6.98. The maximum absolute atomic E-state index is 13.3. The van der Waals surface area contributed by atoms with Gasteiger partial charge in [0.15, 0.2) is 0 Å². The van der Waals surface area contributed by atoms with Crippen LogP contribution in [0.4, 0.5) is 10.2 Å². The number of fused-ring (bicyclic) bond motifs is 1. The summed E-state index contributed by atoms with van der Waals surface area (Å²) in [5, 5.41) is 0. The highest BCUT2D eigenvalue weighted by Crippen LogP contribution is 2.21. The van der Waals surface area contributed by atoms with Gasteiger partial charge in [-0.3, -0.25) is 4.90 Å². The first kappa shape index (κ1) is 16.9. The summed E-state index contributed by atoms with van der Waals surface area (Å²) in [5.74, 6) is 0.739. The van der Waals surface area contributed by atoms with Crippen LogP contribution in [0.15, 0.2) is 36.9 Å². The Bertz CT molecular complexity index is 900. The van der Waals surface area contributed by atoms with E-state index in [1.807, 2.05) is 19.2 Å². The van der Waals surface area contributed by atoms with E-state index >= 15 is 0 Å². The minimum Gasteiger partial charge on any atom is -0.356 e. The van der Waals surface area contributed by atoms with Crippen molar-refractivity contribution < 1.29 is 4.39 Å². The number of piperidine rings is 1. The van der Waals surface area contributed by atoms with Gasteiger partial charge < -0.3 is 9.30 Å². The molecule has 1 saturated heterocycles. The van der Waals surface area contributed by atoms with E-state index in [0.717, 1.165) is 55.3 Å². The third-order valence-corrected chi connectivity index (χ3v) is 5.11. The Labute approximate surface area is 152 Å². The van der Waals surface area contributed by atoms with Gasteiger partial charge in [0.2, 0.25) is 0 Å². The van der Waals surface area contributed by atoms with Crippen LogP contribution in [-0.2, 0) is 6.54 Å². The maximum atomic E-state index is 13.3. The zero-order chi connectivity index (χ0) is 18.1. The lowest BCUT2D eigenvalue weighted by Crippen LogP contribution is -2.43. The molecule has 0 unspecified atom stereocenters. The first-order valence-electron chi connectivity index (χ1n) is 8.95. The molecule has 26 heavy (non-hydrogen) atoms. The van der Waals surface area contributed by atoms with Gasteiger partial charge in [-0.1, -0.05) is 0 Å². The summed E-state index contributed by atoms with van der Waals surface area (Å²) in [5.41, 5.74) is 2.76. The Balaban J connectivity index is 1.37. The molecule has 0 atom stereocenters. The van der Waals surface area contributed by atoms with Crippen LogP contribution >= 0.6 is 0 Å². The summed E-state index contributed by atoms with van der Waals surface area (Å²) < 4.78 is 15.1. The van der Waals surface area contributed by atoms with Crippen LogP contribution in [0.2, 0.25) is 0 Å². The molecule has 1 aliphatic heterocycles. The molecule has 0 saturated carbocycles. The van der Waals surface area contributed by atoms with Crippen molar-refractivity contribution in [3.63, 3.8) is 0 Å². The standard InChI is InChI=1S/C19H23FN6/c1-14-9-19(22-13-21-14)24(2)17-5-7-25(8-6-17)11-16-12-26-10-15(20)3-4-18(26)23-16/h3-4,9-10,12-13,17H,5-8,11H2,1-2H3. The van der Waals surface area contributed by atoms with Crippen LogP contribution in [-0.4, -0.2) is 50.4 Å². The maximum Gasteiger partial charge on any atom is 0.139 e. The SMILES string of the molecule is Cc1cc(N(C)C2CCN(Cc3cn4cc(F)ccc4n3)CC2)ncn1. The van der Waals surface area contributed by atoms with E-state index in [9.17, 15) is 4.39 Å². The predicted molar refractivity (Wildman–Crippen MR) is 98.6 cm³/mol. The van der Waals surface area contributed by atoms with Crippen LogP contribution in [0, 0.1) is 12.7 Å². The molecule has 1 aliphatic rings. The molecule has 0 amide bonds. The number of likely N-dealkylation sites (tertiary alicyclic amines) is 1. The van der Waals surface area contributed by atoms with Gasteiger partial charge in [-0.15, -0.1) is 0 Å². The first-order valence-corrected chi connectivity index (χ1v) is 8.95. The molecule has 6 nitrogen and oxygen atoms in total. The third-order valence-electron chi connectivity index (χ3n) is 5.11. The molecule has 0 spiro atoms. The van der Waals surface area contributed by atoms with Crippen LogP contribution < -0.4 is 4.90 Å². The largest absolute Gasteiger partial charge is 0.356 e. The third kappa shape index (κ3) is 3.53. The summed E-state index contributed by atoms with van der Waals surface area (Å²) in [4.78, 5) is 17.8. The molecule has 0 aliphatic carbocycles. The van der Waals surface area contributed by atoms with E-state index in [4.69, 9.17) is 0 Å². The number of imidazole rings is 1. The molecule has 0 bridgehead atoms. The summed E-state index contributed by atoms with van der Waals surface area (Å²) in [7, 11) is 2.11. The second kappa shape index (κ2) is 6.99. The molecule has 0 radical (unpaired) electrons. The number of aryl methyl sites for hydroxylation is 1. The summed E-state index contributed by atoms with van der Waals surface area (Å²) >= 11 is 0. The number of halogens is 1. The lowest BCUT2D eigenvalue weighted by molar-refractivity contribution is 0.201. The Hall–Kier alpha value is -2.54. The summed E-state index contributed by atoms with van der Waals surface area (Å²) in [6, 6.07) is 5.67. The van der Waals surface area contributed by atoms with Crippen molar-refractivity contribution in [1.29, 1.82) is 0 Å². The lowest BCUT2D eigenvalue weighted by atomic mass is 10.0. The van der Waals surface area contributed by atoms with Crippen molar-refractivity contribution in [2.45, 2.75) is 32.4 Å². The molecule has 136 valence electrons. The van der Waals surface area contributed by atoms with Crippen molar-refractivity contribution >= 4 is 11.5 Å². The van der Waals surface area contributed by atoms with E-state index < -0.39 is 0 Å². The highest BCUT2D eigenvalue weighted by atomic mass is 19.1. The van der Waals surface area contributed by atoms with Crippen molar-refractivity contribution in [1.82, 2.24) is 24.3 Å². The van der Waals surface area contributed by atoms with E-state index in [-0.39, 0.29) is 5.82 Å². The van der Waals surface area contributed by atoms with Gasteiger partial charge in [-0.25, -0.2) is 19.3 Å². The smallest absolute Gasteiger partial charge is 0.139 e. The van der Waals surface area contributed by atoms with Crippen molar-refractivity contribution in [3.8, 4) is 0 Å². The minimum atomic E-state index is -0.245. The van der Waals surface area contributed by atoms with Crippen LogP contribution in [0.25, 0.3) is 5.65 Å². The van der Waals surface area contributed by atoms with E-state index in [1.165, 1.54) is 12.3 Å². The Kier molecular flexibility index (Phi) is 4.55. The second-order valence-corrected chi connectivity index (χ2v) is 6.98. The number of rotatable bonds is 4. The minimum absolute atomic E-state index is 0.245. The molecular formula is C19H23FN6. The number of hydrogen-bond donors (Lipinski definition) is 0. The van der Waals surface area contributed by atoms with Gasteiger partial charge >= 0.3 is 0 Å². The number of nitrogens with zero attached hydrogens (tertiary/aromatic N) is 6. The molecule has 3 aromatic heterocycles. The van der Waals surface area contributed by atoms with Gasteiger partial charge in [0.05, 0.1) is 5.69 Å². The van der Waals surface area contributed by atoms with Crippen LogP contribution in [0.5, 0.6) is 0 Å². The number of pyridine rings is 1. The van der Waals surface area contributed by atoms with E-state index in [0.29, 0.717) is 6.04 Å². The number of hydrogen-bond acceptors (Lipinski definition) is 5. The molecule has 1 fully saturated rings. The van der Waals surface area contributed by atoms with Gasteiger partial charge in [0.1, 0.15) is 23.6 Å². The average molecular weight is 354 g/mol. The molecule has 3 aromatic rings. The fraction of sp³-hybridized carbons (Fsp3) is 0.421. The molecule has 7 heteroatoms. The predicted octanol–water partition coefficient (Wildman–Crippen LogP) is 2.67. The average Bonchev–Trinajstić information content (AvgIpc) is 3.03. The Morgan fingerprint density at radius 1 is 1.19 bits per heavy atom. The van der Waals surface area contributed by atoms with Gasteiger partial charge in [-0.2, -0.15) is 0 Å².